The van der Waals surface area contributed by atoms with Crippen molar-refractivity contribution in [3.63, 3.8) is 0 Å². The van der Waals surface area contributed by atoms with Gasteiger partial charge in [-0.05, 0) is 5.92 Å². The summed E-state index contributed by atoms with van der Waals surface area (Å²) < 4.78 is 37.0. The van der Waals surface area contributed by atoms with Gasteiger partial charge in [0.25, 0.3) is 0 Å². The van der Waals surface area contributed by atoms with Crippen LogP contribution in [-0.2, 0) is 9.53 Å². The molecule has 5 nitrogen and oxygen atoms in total. The third-order valence-corrected chi connectivity index (χ3v) is 2.73. The van der Waals surface area contributed by atoms with E-state index in [4.69, 9.17) is 14.6 Å². The number of carboxylic acid groups (broad SMARTS) is 1. The number of ether oxygens (including phenoxy) is 1. The second-order valence-corrected chi connectivity index (χ2v) is 4.24. The van der Waals surface area contributed by atoms with Gasteiger partial charge in [0.1, 0.15) is 0 Å². The molecule has 2 aliphatic heterocycles. The Kier molecular flexibility index (Phi) is 5.83. The molecular weight excluding hydrogens is 253 g/mol. The average molecular weight is 270 g/mol. The summed E-state index contributed by atoms with van der Waals surface area (Å²) in [5.41, 5.74) is 0. The van der Waals surface area contributed by atoms with Crippen molar-refractivity contribution in [1.82, 2.24) is 10.2 Å². The van der Waals surface area contributed by atoms with E-state index in [0.29, 0.717) is 0 Å². The van der Waals surface area contributed by atoms with Gasteiger partial charge in [-0.15, -0.1) is 0 Å². The number of carboxylic acids is 1. The lowest BCUT2D eigenvalue weighted by Crippen LogP contribution is -2.50. The summed E-state index contributed by atoms with van der Waals surface area (Å²) >= 11 is 0. The van der Waals surface area contributed by atoms with E-state index < -0.39 is 12.1 Å². The minimum absolute atomic E-state index is 0.910. The Morgan fingerprint density at radius 2 is 1.83 bits per heavy atom. The number of halogens is 3. The van der Waals surface area contributed by atoms with E-state index in [1.165, 1.54) is 19.6 Å². The molecule has 0 unspecified atom stereocenters. The van der Waals surface area contributed by atoms with Gasteiger partial charge >= 0.3 is 12.1 Å². The summed E-state index contributed by atoms with van der Waals surface area (Å²) in [6, 6.07) is 0. The van der Waals surface area contributed by atoms with Crippen LogP contribution in [0.5, 0.6) is 0 Å². The first-order valence-electron chi connectivity index (χ1n) is 5.70. The van der Waals surface area contributed by atoms with Gasteiger partial charge in [-0.25, -0.2) is 4.79 Å². The molecule has 0 radical (unpaired) electrons. The maximum absolute atomic E-state index is 10.6. The lowest BCUT2D eigenvalue weighted by atomic mass is 10.0. The Bertz CT molecular complexity index is 264. The highest BCUT2D eigenvalue weighted by Gasteiger charge is 2.38. The molecule has 0 aromatic rings. The maximum atomic E-state index is 10.6. The quantitative estimate of drug-likeness (QED) is 0.749. The third kappa shape index (κ3) is 5.65. The van der Waals surface area contributed by atoms with Gasteiger partial charge in [-0.2, -0.15) is 13.2 Å². The lowest BCUT2D eigenvalue weighted by Gasteiger charge is -2.34. The Hall–Kier alpha value is -0.860. The monoisotopic (exact) mass is 270 g/mol. The van der Waals surface area contributed by atoms with E-state index >= 15 is 0 Å². The summed E-state index contributed by atoms with van der Waals surface area (Å²) in [6.07, 6.45) is -5.08. The lowest BCUT2D eigenvalue weighted by molar-refractivity contribution is -0.192. The molecule has 106 valence electrons. The number of rotatable bonds is 2. The molecule has 0 amide bonds. The van der Waals surface area contributed by atoms with Crippen molar-refractivity contribution in [1.29, 1.82) is 0 Å². The van der Waals surface area contributed by atoms with Crippen LogP contribution in [0.1, 0.15) is 0 Å². The molecule has 0 aliphatic carbocycles. The first kappa shape index (κ1) is 15.2. The van der Waals surface area contributed by atoms with E-state index in [2.05, 4.69) is 10.2 Å². The van der Waals surface area contributed by atoms with E-state index in [1.807, 2.05) is 0 Å². The molecule has 2 fully saturated rings. The molecular formula is C10H17F3N2O3. The topological polar surface area (TPSA) is 61.8 Å². The maximum Gasteiger partial charge on any atom is 0.490 e. The van der Waals surface area contributed by atoms with Crippen LogP contribution in [0.25, 0.3) is 0 Å². The van der Waals surface area contributed by atoms with E-state index in [0.717, 1.165) is 32.2 Å². The summed E-state index contributed by atoms with van der Waals surface area (Å²) in [5, 5.41) is 10.4. The number of nitrogens with one attached hydrogen (secondary N) is 1. The van der Waals surface area contributed by atoms with E-state index in [9.17, 15) is 13.2 Å². The fourth-order valence-electron chi connectivity index (χ4n) is 1.63. The molecule has 2 saturated heterocycles. The van der Waals surface area contributed by atoms with Crippen molar-refractivity contribution in [2.75, 3.05) is 45.9 Å². The molecule has 0 saturated carbocycles. The molecule has 0 aromatic heterocycles. The van der Waals surface area contributed by atoms with Crippen molar-refractivity contribution in [3.8, 4) is 0 Å². The van der Waals surface area contributed by atoms with Gasteiger partial charge in [0.15, 0.2) is 0 Å². The van der Waals surface area contributed by atoms with Crippen LogP contribution in [0.4, 0.5) is 13.2 Å². The SMILES string of the molecule is C1CN(CC2CNC2)CCO1.O=C(O)C(F)(F)F. The van der Waals surface area contributed by atoms with Crippen LogP contribution in [0, 0.1) is 5.92 Å². The number of hydrogen-bond acceptors (Lipinski definition) is 4. The molecule has 0 atom stereocenters. The Morgan fingerprint density at radius 3 is 2.17 bits per heavy atom. The average Bonchev–Trinajstić information content (AvgIpc) is 2.25. The molecule has 0 aromatic carbocycles. The second kappa shape index (κ2) is 6.91. The molecule has 2 heterocycles. The zero-order chi connectivity index (χ0) is 13.6. The molecule has 2 N–H and O–H groups in total. The molecule has 2 aliphatic rings. The van der Waals surface area contributed by atoms with Crippen molar-refractivity contribution in [3.05, 3.63) is 0 Å². The van der Waals surface area contributed by atoms with Crippen molar-refractivity contribution < 1.29 is 27.8 Å². The van der Waals surface area contributed by atoms with Crippen molar-refractivity contribution >= 4 is 5.97 Å². The second-order valence-electron chi connectivity index (χ2n) is 4.24. The van der Waals surface area contributed by atoms with Gasteiger partial charge in [-0.1, -0.05) is 0 Å². The first-order valence-corrected chi connectivity index (χ1v) is 5.70. The molecule has 0 spiro atoms. The predicted octanol–water partition coefficient (Wildman–Crippen LogP) is 0.171. The van der Waals surface area contributed by atoms with Crippen LogP contribution in [0.2, 0.25) is 0 Å². The van der Waals surface area contributed by atoms with E-state index in [1.54, 1.807) is 0 Å². The van der Waals surface area contributed by atoms with Crippen LogP contribution >= 0.6 is 0 Å². The van der Waals surface area contributed by atoms with Gasteiger partial charge in [0.05, 0.1) is 13.2 Å². The minimum atomic E-state index is -5.08. The number of aliphatic carboxylic acids is 1. The highest BCUT2D eigenvalue weighted by atomic mass is 19.4. The van der Waals surface area contributed by atoms with Crippen LogP contribution in [0.15, 0.2) is 0 Å². The van der Waals surface area contributed by atoms with Gasteiger partial charge < -0.3 is 15.2 Å². The molecule has 18 heavy (non-hydrogen) atoms. The predicted molar refractivity (Wildman–Crippen MR) is 57.3 cm³/mol. The smallest absolute Gasteiger partial charge is 0.475 e. The molecule has 2 rings (SSSR count). The zero-order valence-electron chi connectivity index (χ0n) is 9.87. The summed E-state index contributed by atoms with van der Waals surface area (Å²) in [7, 11) is 0. The number of hydrogen-bond donors (Lipinski definition) is 2. The Balaban J connectivity index is 0.000000203. The molecule has 0 bridgehead atoms. The number of nitrogens with zero attached hydrogens (tertiary/aromatic N) is 1. The van der Waals surface area contributed by atoms with Gasteiger partial charge in [0, 0.05) is 32.7 Å². The first-order chi connectivity index (χ1) is 8.39. The highest BCUT2D eigenvalue weighted by molar-refractivity contribution is 5.73. The minimum Gasteiger partial charge on any atom is -0.475 e. The Labute approximate surface area is 103 Å². The van der Waals surface area contributed by atoms with Crippen molar-refractivity contribution in [2.45, 2.75) is 6.18 Å². The van der Waals surface area contributed by atoms with Crippen LogP contribution < -0.4 is 5.32 Å². The highest BCUT2D eigenvalue weighted by Crippen LogP contribution is 2.13. The third-order valence-electron chi connectivity index (χ3n) is 2.73. The van der Waals surface area contributed by atoms with Crippen LogP contribution in [-0.4, -0.2) is 68.1 Å². The number of alkyl halides is 3. The van der Waals surface area contributed by atoms with E-state index in [-0.39, 0.29) is 0 Å². The summed E-state index contributed by atoms with van der Waals surface area (Å²) in [4.78, 5) is 11.4. The van der Waals surface area contributed by atoms with Crippen LogP contribution in [0.3, 0.4) is 0 Å². The zero-order valence-corrected chi connectivity index (χ0v) is 9.87. The largest absolute Gasteiger partial charge is 0.490 e. The van der Waals surface area contributed by atoms with Gasteiger partial charge in [0.2, 0.25) is 0 Å². The summed E-state index contributed by atoms with van der Waals surface area (Å²) in [6.45, 7) is 7.85. The van der Waals surface area contributed by atoms with Gasteiger partial charge in [-0.3, -0.25) is 4.90 Å². The molecule has 8 heteroatoms. The standard InChI is InChI=1S/C8H16N2O.C2HF3O2/c1-3-11-4-2-10(1)7-8-5-9-6-8;3-2(4,5)1(6)7/h8-9H,1-7H2;(H,6,7). The number of morpholine rings is 1. The number of carbonyl (C=O) groups is 1. The summed E-state index contributed by atoms with van der Waals surface area (Å²) in [5.74, 6) is -1.85. The fourth-order valence-corrected chi connectivity index (χ4v) is 1.63. The normalized spacial score (nSPS) is 21.7. The van der Waals surface area contributed by atoms with Crippen molar-refractivity contribution in [2.24, 2.45) is 5.92 Å². The fraction of sp³-hybridized carbons (Fsp3) is 0.900. The Morgan fingerprint density at radius 1 is 1.33 bits per heavy atom.